The molecule has 0 bridgehead atoms. The minimum absolute atomic E-state index is 0.0321. The highest BCUT2D eigenvalue weighted by atomic mass is 19.4. The summed E-state index contributed by atoms with van der Waals surface area (Å²) in [4.78, 5) is 39.3. The van der Waals surface area contributed by atoms with E-state index in [0.717, 1.165) is 17.0 Å². The van der Waals surface area contributed by atoms with Crippen LogP contribution in [0.2, 0.25) is 0 Å². The third-order valence-electron chi connectivity index (χ3n) is 5.57. The normalized spacial score (nSPS) is 19.8. The number of alkyl halides is 3. The van der Waals surface area contributed by atoms with Gasteiger partial charge < -0.3 is 19.5 Å². The van der Waals surface area contributed by atoms with Crippen LogP contribution >= 0.6 is 0 Å². The summed E-state index contributed by atoms with van der Waals surface area (Å²) < 4.78 is 55.8. The van der Waals surface area contributed by atoms with E-state index in [4.69, 9.17) is 14.2 Å². The third kappa shape index (κ3) is 3.83. The van der Waals surface area contributed by atoms with Crippen molar-refractivity contribution < 1.29 is 41.8 Å². The Kier molecular flexibility index (Phi) is 5.64. The monoisotopic (exact) mass is 464 g/mol. The highest BCUT2D eigenvalue weighted by Crippen LogP contribution is 2.45. The number of nitrogens with one attached hydrogen (secondary N) is 1. The molecule has 0 spiro atoms. The number of rotatable bonds is 5. The van der Waals surface area contributed by atoms with Gasteiger partial charge in [0, 0.05) is 12.0 Å². The Morgan fingerprint density at radius 2 is 1.85 bits per heavy atom. The molecule has 2 heterocycles. The van der Waals surface area contributed by atoms with Crippen LogP contribution in [0.15, 0.2) is 36.4 Å². The van der Waals surface area contributed by atoms with Crippen LogP contribution in [0.1, 0.15) is 40.6 Å². The van der Waals surface area contributed by atoms with E-state index in [0.29, 0.717) is 5.56 Å². The molecule has 0 radical (unpaired) electrons. The molecule has 0 aromatic heterocycles. The van der Waals surface area contributed by atoms with Crippen molar-refractivity contribution in [1.82, 2.24) is 4.90 Å². The first kappa shape index (κ1) is 22.4. The van der Waals surface area contributed by atoms with Gasteiger partial charge in [-0.25, -0.2) is 4.79 Å². The number of nitrogens with zero attached hydrogens (tertiary/aromatic N) is 1. The Hall–Kier alpha value is -3.76. The molecule has 2 amide bonds. The van der Waals surface area contributed by atoms with Gasteiger partial charge in [-0.2, -0.15) is 13.2 Å². The second-order valence-corrected chi connectivity index (χ2v) is 7.41. The van der Waals surface area contributed by atoms with E-state index in [2.05, 4.69) is 5.32 Å². The van der Waals surface area contributed by atoms with Gasteiger partial charge in [0.05, 0.1) is 25.5 Å². The van der Waals surface area contributed by atoms with Crippen molar-refractivity contribution in [3.05, 3.63) is 53.1 Å². The van der Waals surface area contributed by atoms with Gasteiger partial charge in [-0.3, -0.25) is 14.5 Å². The molecule has 8 nitrogen and oxygen atoms in total. The Morgan fingerprint density at radius 1 is 1.12 bits per heavy atom. The predicted molar refractivity (Wildman–Crippen MR) is 108 cm³/mol. The number of benzene rings is 2. The van der Waals surface area contributed by atoms with E-state index in [1.54, 1.807) is 0 Å². The van der Waals surface area contributed by atoms with Gasteiger partial charge >= 0.3 is 12.1 Å². The molecule has 2 unspecified atom stereocenters. The topological polar surface area (TPSA) is 94.2 Å². The number of carbonyl (C=O) groups is 3. The highest BCUT2D eigenvalue weighted by molar-refractivity contribution is 6.01. The minimum Gasteiger partial charge on any atom is -0.493 e. The summed E-state index contributed by atoms with van der Waals surface area (Å²) in [6.45, 7) is 0. The maximum absolute atomic E-state index is 13.3. The largest absolute Gasteiger partial charge is 0.493 e. The van der Waals surface area contributed by atoms with Gasteiger partial charge in [0.15, 0.2) is 11.5 Å². The summed E-state index contributed by atoms with van der Waals surface area (Å²) >= 11 is 0. The second kappa shape index (κ2) is 8.30. The quantitative estimate of drug-likeness (QED) is 0.681. The van der Waals surface area contributed by atoms with Crippen LogP contribution in [0.5, 0.6) is 11.5 Å². The van der Waals surface area contributed by atoms with E-state index in [9.17, 15) is 27.6 Å². The molecule has 0 saturated carbocycles. The van der Waals surface area contributed by atoms with Crippen LogP contribution in [0.25, 0.3) is 0 Å². The van der Waals surface area contributed by atoms with Crippen molar-refractivity contribution in [3.8, 4) is 11.5 Å². The number of anilines is 1. The molecule has 2 aromatic carbocycles. The van der Waals surface area contributed by atoms with Crippen molar-refractivity contribution in [2.24, 2.45) is 0 Å². The van der Waals surface area contributed by atoms with E-state index in [1.807, 2.05) is 0 Å². The molecule has 1 N–H and O–H groups in total. The number of hydrogen-bond donors (Lipinski definition) is 1. The fraction of sp³-hybridized carbons (Fsp3) is 0.318. The summed E-state index contributed by atoms with van der Waals surface area (Å²) in [5.41, 5.74) is -1.09. The number of likely N-dealkylation sites (tertiary alicyclic amines) is 1. The number of fused-ring (bicyclic) bond motifs is 1. The number of ether oxygens (including phenoxy) is 3. The van der Waals surface area contributed by atoms with Crippen LogP contribution in [0, 0.1) is 0 Å². The summed E-state index contributed by atoms with van der Waals surface area (Å²) in [5, 5.41) is 2.27. The molecule has 2 aliphatic heterocycles. The first-order valence-electron chi connectivity index (χ1n) is 9.91. The maximum Gasteiger partial charge on any atom is 0.418 e. The lowest BCUT2D eigenvalue weighted by atomic mass is 10.0. The lowest BCUT2D eigenvalue weighted by Gasteiger charge is -2.29. The molecule has 2 aliphatic rings. The first-order chi connectivity index (χ1) is 15.7. The van der Waals surface area contributed by atoms with E-state index >= 15 is 0 Å². The number of amides is 2. The summed E-state index contributed by atoms with van der Waals surface area (Å²) in [7, 11) is 2.74. The zero-order valence-corrected chi connectivity index (χ0v) is 17.6. The molecule has 2 atom stereocenters. The number of para-hydroxylation sites is 1. The molecule has 4 rings (SSSR count). The number of halogens is 3. The standard InChI is InChI=1S/C22H19F3N2O6/c1-31-15-9-7-11-17(18(15)32-2)21(30)33-20(11)27-14(8-10-16(27)28)19(29)26-13-6-4-3-5-12(13)22(23,24)25/h3-7,9,14,20H,8,10H2,1-2H3,(H,26,29). The second-order valence-electron chi connectivity index (χ2n) is 7.41. The van der Waals surface area contributed by atoms with Crippen LogP contribution < -0.4 is 14.8 Å². The van der Waals surface area contributed by atoms with Crippen molar-refractivity contribution in [2.75, 3.05) is 19.5 Å². The molecular formula is C22H19F3N2O6. The van der Waals surface area contributed by atoms with Gasteiger partial charge in [0.2, 0.25) is 18.0 Å². The van der Waals surface area contributed by atoms with Gasteiger partial charge in [-0.05, 0) is 30.7 Å². The molecule has 1 saturated heterocycles. The molecule has 2 aromatic rings. The summed E-state index contributed by atoms with van der Waals surface area (Å²) in [5.74, 6) is -1.66. The van der Waals surface area contributed by atoms with Crippen molar-refractivity contribution in [2.45, 2.75) is 31.3 Å². The molecular weight excluding hydrogens is 445 g/mol. The Labute approximate surface area is 186 Å². The molecule has 174 valence electrons. The van der Waals surface area contributed by atoms with Gasteiger partial charge in [-0.15, -0.1) is 0 Å². The number of esters is 1. The van der Waals surface area contributed by atoms with Gasteiger partial charge in [0.25, 0.3) is 0 Å². The number of methoxy groups -OCH3 is 2. The van der Waals surface area contributed by atoms with E-state index in [-0.39, 0.29) is 29.9 Å². The Balaban J connectivity index is 1.66. The highest BCUT2D eigenvalue weighted by Gasteiger charge is 2.48. The van der Waals surface area contributed by atoms with E-state index < -0.39 is 47.5 Å². The maximum atomic E-state index is 13.3. The molecule has 11 heteroatoms. The number of hydrogen-bond acceptors (Lipinski definition) is 6. The molecule has 33 heavy (non-hydrogen) atoms. The van der Waals surface area contributed by atoms with Crippen molar-refractivity contribution in [1.29, 1.82) is 0 Å². The lowest BCUT2D eigenvalue weighted by molar-refractivity contribution is -0.144. The van der Waals surface area contributed by atoms with Gasteiger partial charge in [-0.1, -0.05) is 12.1 Å². The number of carbonyl (C=O) groups excluding carboxylic acids is 3. The Bertz CT molecular complexity index is 1130. The SMILES string of the molecule is COc1ccc2c(c1OC)C(=O)OC2N1C(=O)CCC1C(=O)Nc1ccccc1C(F)(F)F. The first-order valence-corrected chi connectivity index (χ1v) is 9.91. The summed E-state index contributed by atoms with van der Waals surface area (Å²) in [6.07, 6.45) is -5.88. The zero-order chi connectivity index (χ0) is 23.9. The zero-order valence-electron chi connectivity index (χ0n) is 17.6. The fourth-order valence-corrected chi connectivity index (χ4v) is 4.10. The average Bonchev–Trinajstić information content (AvgIpc) is 3.32. The number of cyclic esters (lactones) is 1. The molecule has 1 fully saturated rings. The summed E-state index contributed by atoms with van der Waals surface area (Å²) in [6, 6.07) is 6.45. The van der Waals surface area contributed by atoms with Crippen LogP contribution in [-0.2, 0) is 20.5 Å². The van der Waals surface area contributed by atoms with Gasteiger partial charge in [0.1, 0.15) is 11.6 Å². The predicted octanol–water partition coefficient (Wildman–Crippen LogP) is 3.52. The average molecular weight is 464 g/mol. The van der Waals surface area contributed by atoms with Crippen LogP contribution in [0.4, 0.5) is 18.9 Å². The lowest BCUT2D eigenvalue weighted by Crippen LogP contribution is -2.44. The Morgan fingerprint density at radius 3 is 2.52 bits per heavy atom. The van der Waals surface area contributed by atoms with Crippen LogP contribution in [0.3, 0.4) is 0 Å². The smallest absolute Gasteiger partial charge is 0.418 e. The fourth-order valence-electron chi connectivity index (χ4n) is 4.10. The minimum atomic E-state index is -4.68. The molecule has 0 aliphatic carbocycles. The van der Waals surface area contributed by atoms with Crippen LogP contribution in [-0.4, -0.2) is 42.9 Å². The van der Waals surface area contributed by atoms with Crippen molar-refractivity contribution in [3.63, 3.8) is 0 Å². The third-order valence-corrected chi connectivity index (χ3v) is 5.57. The van der Waals surface area contributed by atoms with E-state index in [1.165, 1.54) is 38.5 Å². The van der Waals surface area contributed by atoms with Crippen molar-refractivity contribution >= 4 is 23.5 Å².